The summed E-state index contributed by atoms with van der Waals surface area (Å²) in [5.41, 5.74) is 1.35. The number of benzene rings is 1. The molecule has 2 aromatic rings. The third-order valence-electron chi connectivity index (χ3n) is 3.30. The van der Waals surface area contributed by atoms with Gasteiger partial charge in [-0.1, -0.05) is 44.7 Å². The van der Waals surface area contributed by atoms with Crippen molar-refractivity contribution in [2.24, 2.45) is 4.99 Å². The summed E-state index contributed by atoms with van der Waals surface area (Å²) in [5, 5.41) is 28.3. The number of hydrogen-bond donors (Lipinski definition) is 4. The van der Waals surface area contributed by atoms with E-state index in [1.807, 2.05) is 13.8 Å². The molecule has 0 aliphatic heterocycles. The fourth-order valence-corrected chi connectivity index (χ4v) is 2.13. The molecule has 0 fully saturated rings. The Morgan fingerprint density at radius 3 is 2.79 bits per heavy atom. The van der Waals surface area contributed by atoms with Crippen molar-refractivity contribution in [3.05, 3.63) is 66.0 Å². The number of aromatic hydroxyl groups is 1. The summed E-state index contributed by atoms with van der Waals surface area (Å²) >= 11 is 5.96. The molecule has 1 aromatic heterocycles. The van der Waals surface area contributed by atoms with Gasteiger partial charge in [-0.15, -0.1) is 0 Å². The Kier molecular flexibility index (Phi) is 9.42. The van der Waals surface area contributed by atoms with Crippen molar-refractivity contribution in [3.8, 4) is 17.0 Å². The summed E-state index contributed by atoms with van der Waals surface area (Å²) in [5.74, 6) is -0.542. The van der Waals surface area contributed by atoms with Crippen molar-refractivity contribution in [1.82, 2.24) is 10.2 Å². The molecular weight excluding hydrogens is 380 g/mol. The number of phenols is 1. The molecule has 4 N–H and O–H groups in total. The first-order chi connectivity index (χ1) is 13.4. The maximum absolute atomic E-state index is 12.3. The highest BCUT2D eigenvalue weighted by molar-refractivity contribution is 6.31. The normalized spacial score (nSPS) is 10.6. The number of nitrogens with zero attached hydrogens (tertiary/aromatic N) is 2. The van der Waals surface area contributed by atoms with Gasteiger partial charge in [-0.2, -0.15) is 5.10 Å². The molecule has 1 aromatic carbocycles. The Morgan fingerprint density at radius 1 is 1.39 bits per heavy atom. The Hall–Kier alpha value is -3.16. The molecule has 1 amide bonds. The molecule has 0 saturated heterocycles. The maximum atomic E-state index is 12.3. The van der Waals surface area contributed by atoms with Gasteiger partial charge >= 0.3 is 0 Å². The second-order valence-electron chi connectivity index (χ2n) is 5.09. The molecule has 0 aliphatic carbocycles. The first-order valence-electron chi connectivity index (χ1n) is 8.46. The third kappa shape index (κ3) is 6.22. The Morgan fingerprint density at radius 2 is 2.11 bits per heavy atom. The first kappa shape index (κ1) is 22.9. The maximum Gasteiger partial charge on any atom is 0.257 e. The van der Waals surface area contributed by atoms with Crippen LogP contribution in [0.2, 0.25) is 5.02 Å². The molecule has 8 heteroatoms. The summed E-state index contributed by atoms with van der Waals surface area (Å²) in [6.45, 7) is 11.2. The zero-order valence-electron chi connectivity index (χ0n) is 15.7. The minimum absolute atomic E-state index is 0.0161. The standard InChI is InChI=1S/C18H17ClN4O3.C2H6/c1-11(12(2)20-7-3-4-8-24)18(26)22-15-10-21-23-17(15)14-9-13(19)5-6-16(14)25;1-2/h3-7,9-10,24-25H,1-2,8H2,(H,21,23)(H,22,26);1-2H3/b4-3-,20-7?;. The van der Waals surface area contributed by atoms with E-state index in [9.17, 15) is 9.90 Å². The van der Waals surface area contributed by atoms with Crippen molar-refractivity contribution in [1.29, 1.82) is 0 Å². The molecule has 2 rings (SSSR count). The van der Waals surface area contributed by atoms with Crippen LogP contribution in [0.1, 0.15) is 13.8 Å². The lowest BCUT2D eigenvalue weighted by atomic mass is 10.1. The summed E-state index contributed by atoms with van der Waals surface area (Å²) in [6.07, 6.45) is 5.79. The zero-order valence-corrected chi connectivity index (χ0v) is 16.5. The number of H-pyrrole nitrogens is 1. The number of carbonyl (C=O) groups excluding carboxylic acids is 1. The molecule has 0 atom stereocenters. The Labute approximate surface area is 168 Å². The quantitative estimate of drug-likeness (QED) is 0.317. The number of amides is 1. The van der Waals surface area contributed by atoms with Gasteiger partial charge in [-0.3, -0.25) is 14.9 Å². The van der Waals surface area contributed by atoms with Crippen LogP contribution in [-0.2, 0) is 4.79 Å². The van der Waals surface area contributed by atoms with E-state index in [1.54, 1.807) is 12.1 Å². The third-order valence-corrected chi connectivity index (χ3v) is 3.53. The van der Waals surface area contributed by atoms with Crippen molar-refractivity contribution in [2.75, 3.05) is 11.9 Å². The molecule has 0 spiro atoms. The van der Waals surface area contributed by atoms with Crippen LogP contribution in [0.25, 0.3) is 11.3 Å². The van der Waals surface area contributed by atoms with Crippen molar-refractivity contribution < 1.29 is 15.0 Å². The van der Waals surface area contributed by atoms with E-state index < -0.39 is 5.91 Å². The number of aliphatic imine (C=N–C) groups is 1. The zero-order chi connectivity index (χ0) is 21.1. The number of halogens is 1. The van der Waals surface area contributed by atoms with E-state index in [4.69, 9.17) is 16.7 Å². The molecule has 148 valence electrons. The first-order valence-corrected chi connectivity index (χ1v) is 8.83. The van der Waals surface area contributed by atoms with E-state index >= 15 is 0 Å². The molecule has 0 radical (unpaired) electrons. The van der Waals surface area contributed by atoms with Crippen LogP contribution in [0.4, 0.5) is 5.69 Å². The van der Waals surface area contributed by atoms with Gasteiger partial charge in [0.05, 0.1) is 35.5 Å². The Balaban J connectivity index is 0.00000190. The van der Waals surface area contributed by atoms with Crippen molar-refractivity contribution in [2.45, 2.75) is 13.8 Å². The smallest absolute Gasteiger partial charge is 0.257 e. The van der Waals surface area contributed by atoms with Crippen molar-refractivity contribution >= 4 is 29.4 Å². The minimum atomic E-state index is -0.526. The number of allylic oxidation sites excluding steroid dienone is 1. The van der Waals surface area contributed by atoms with E-state index in [1.165, 1.54) is 30.6 Å². The van der Waals surface area contributed by atoms with Crippen LogP contribution >= 0.6 is 11.6 Å². The van der Waals surface area contributed by atoms with Crippen LogP contribution in [0.15, 0.2) is 66.0 Å². The average Bonchev–Trinajstić information content (AvgIpc) is 3.15. The average molecular weight is 403 g/mol. The Bertz CT molecular complexity index is 901. The fourth-order valence-electron chi connectivity index (χ4n) is 1.96. The van der Waals surface area contributed by atoms with E-state index in [0.717, 1.165) is 0 Å². The summed E-state index contributed by atoms with van der Waals surface area (Å²) in [6, 6.07) is 4.54. The lowest BCUT2D eigenvalue weighted by molar-refractivity contribution is -0.112. The van der Waals surface area contributed by atoms with Gasteiger partial charge in [0, 0.05) is 16.8 Å². The van der Waals surface area contributed by atoms with Crippen LogP contribution in [0.5, 0.6) is 5.75 Å². The number of aromatic nitrogens is 2. The van der Waals surface area contributed by atoms with E-state index in [2.05, 4.69) is 33.7 Å². The fraction of sp³-hybridized carbons (Fsp3) is 0.150. The largest absolute Gasteiger partial charge is 0.507 e. The van der Waals surface area contributed by atoms with Crippen LogP contribution < -0.4 is 5.32 Å². The molecular formula is C20H23ClN4O3. The number of phenolic OH excluding ortho intramolecular Hbond substituents is 1. The van der Waals surface area contributed by atoms with Crippen molar-refractivity contribution in [3.63, 3.8) is 0 Å². The van der Waals surface area contributed by atoms with Gasteiger partial charge in [0.2, 0.25) is 0 Å². The van der Waals surface area contributed by atoms with Gasteiger partial charge in [-0.25, -0.2) is 0 Å². The highest BCUT2D eigenvalue weighted by Crippen LogP contribution is 2.34. The summed E-state index contributed by atoms with van der Waals surface area (Å²) in [4.78, 5) is 16.3. The number of aromatic amines is 1. The number of nitrogens with one attached hydrogen (secondary N) is 2. The molecule has 28 heavy (non-hydrogen) atoms. The highest BCUT2D eigenvalue weighted by atomic mass is 35.5. The lowest BCUT2D eigenvalue weighted by Crippen LogP contribution is -2.14. The number of carbonyl (C=O) groups is 1. The second-order valence-corrected chi connectivity index (χ2v) is 5.52. The molecule has 7 nitrogen and oxygen atoms in total. The SMILES string of the molecule is C=C(N=C/C=C\CO)C(=C)C(=O)Nc1cn[nH]c1-c1cc(Cl)ccc1O.CC. The van der Waals surface area contributed by atoms with Crippen LogP contribution in [0.3, 0.4) is 0 Å². The summed E-state index contributed by atoms with van der Waals surface area (Å²) in [7, 11) is 0. The predicted molar refractivity (Wildman–Crippen MR) is 114 cm³/mol. The topological polar surface area (TPSA) is 111 Å². The molecule has 1 heterocycles. The number of aliphatic hydroxyl groups excluding tert-OH is 1. The van der Waals surface area contributed by atoms with Crippen LogP contribution in [-0.4, -0.2) is 39.1 Å². The predicted octanol–water partition coefficient (Wildman–Crippen LogP) is 4.09. The number of hydrogen-bond acceptors (Lipinski definition) is 5. The van der Waals surface area contributed by atoms with Gasteiger partial charge < -0.3 is 15.5 Å². The monoisotopic (exact) mass is 402 g/mol. The van der Waals surface area contributed by atoms with E-state index in [-0.39, 0.29) is 23.6 Å². The molecule has 0 unspecified atom stereocenters. The van der Waals surface area contributed by atoms with Crippen LogP contribution in [0, 0.1) is 0 Å². The molecule has 0 bridgehead atoms. The summed E-state index contributed by atoms with van der Waals surface area (Å²) < 4.78 is 0. The minimum Gasteiger partial charge on any atom is -0.507 e. The van der Waals surface area contributed by atoms with Gasteiger partial charge in [0.15, 0.2) is 0 Å². The van der Waals surface area contributed by atoms with E-state index in [0.29, 0.717) is 22.0 Å². The number of aliphatic hydroxyl groups is 1. The lowest BCUT2D eigenvalue weighted by Gasteiger charge is -2.09. The van der Waals surface area contributed by atoms with Gasteiger partial charge in [-0.05, 0) is 24.3 Å². The van der Waals surface area contributed by atoms with Gasteiger partial charge in [0.1, 0.15) is 5.75 Å². The van der Waals surface area contributed by atoms with Gasteiger partial charge in [0.25, 0.3) is 5.91 Å². The molecule has 0 saturated carbocycles. The number of rotatable bonds is 7. The molecule has 0 aliphatic rings. The second kappa shape index (κ2) is 11.5. The highest BCUT2D eigenvalue weighted by Gasteiger charge is 2.16. The number of anilines is 1.